The monoisotopic (exact) mass is 530 g/mol. The fourth-order valence-electron chi connectivity index (χ4n) is 6.26. The van der Waals surface area contributed by atoms with E-state index in [9.17, 15) is 19.5 Å². The minimum Gasteiger partial charge on any atom is -0.384 e. The summed E-state index contributed by atoms with van der Waals surface area (Å²) in [5.74, 6) is 0.0656. The second-order valence-electron chi connectivity index (χ2n) is 11.4. The van der Waals surface area contributed by atoms with Crippen molar-refractivity contribution in [3.63, 3.8) is 0 Å². The lowest BCUT2D eigenvalue weighted by Crippen LogP contribution is -2.38. The Morgan fingerprint density at radius 2 is 1.87 bits per heavy atom. The molecule has 204 valence electrons. The largest absolute Gasteiger partial charge is 0.384 e. The molecule has 10 nitrogen and oxygen atoms in total. The molecular weight excluding hydrogens is 496 g/mol. The zero-order valence-electron chi connectivity index (χ0n) is 22.1. The van der Waals surface area contributed by atoms with Gasteiger partial charge in [-0.15, -0.1) is 0 Å². The van der Waals surface area contributed by atoms with E-state index in [1.54, 1.807) is 9.42 Å². The van der Waals surface area contributed by atoms with Crippen molar-refractivity contribution < 1.29 is 19.5 Å². The molecule has 6 rings (SSSR count). The van der Waals surface area contributed by atoms with Crippen LogP contribution in [0.25, 0.3) is 16.6 Å². The molecule has 1 aliphatic heterocycles. The van der Waals surface area contributed by atoms with Crippen LogP contribution in [0.4, 0.5) is 5.69 Å². The van der Waals surface area contributed by atoms with Gasteiger partial charge in [-0.05, 0) is 67.7 Å². The van der Waals surface area contributed by atoms with Crippen molar-refractivity contribution in [2.45, 2.75) is 51.3 Å². The molecule has 1 saturated heterocycles. The second kappa shape index (κ2) is 9.68. The minimum atomic E-state index is -0.990. The molecule has 3 amide bonds. The Hall–Kier alpha value is -3.92. The molecule has 1 unspecified atom stereocenters. The molecule has 5 atom stereocenters. The van der Waals surface area contributed by atoms with Crippen LogP contribution >= 0.6 is 0 Å². The molecule has 2 aromatic heterocycles. The summed E-state index contributed by atoms with van der Waals surface area (Å²) in [5.41, 5.74) is 9.94. The van der Waals surface area contributed by atoms with Gasteiger partial charge in [-0.3, -0.25) is 14.4 Å². The third kappa shape index (κ3) is 4.73. The molecular formula is C29H34N6O4. The maximum absolute atomic E-state index is 12.4. The number of aliphatic hydroxyl groups is 1. The first-order chi connectivity index (χ1) is 18.7. The average molecular weight is 531 g/mol. The van der Waals surface area contributed by atoms with Crippen LogP contribution in [-0.4, -0.2) is 68.6 Å². The predicted octanol–water partition coefficient (Wildman–Crippen LogP) is 2.27. The van der Waals surface area contributed by atoms with Gasteiger partial charge >= 0.3 is 0 Å². The number of rotatable bonds is 7. The maximum Gasteiger partial charge on any atom is 0.252 e. The summed E-state index contributed by atoms with van der Waals surface area (Å²) in [6, 6.07) is 9.85. The van der Waals surface area contributed by atoms with E-state index in [1.807, 2.05) is 36.5 Å². The van der Waals surface area contributed by atoms with Gasteiger partial charge in [0.25, 0.3) is 17.7 Å². The number of aliphatic hydroxyl groups excluding tert-OH is 1. The number of anilines is 1. The first-order valence-corrected chi connectivity index (χ1v) is 13.7. The smallest absolute Gasteiger partial charge is 0.252 e. The van der Waals surface area contributed by atoms with Crippen molar-refractivity contribution in [2.24, 2.45) is 23.5 Å². The number of carbonyl (C=O) groups is 3. The Morgan fingerprint density at radius 3 is 2.51 bits per heavy atom. The first kappa shape index (κ1) is 25.4. The number of amides is 3. The van der Waals surface area contributed by atoms with E-state index in [1.165, 1.54) is 13.1 Å². The molecule has 0 spiro atoms. The summed E-state index contributed by atoms with van der Waals surface area (Å²) in [6.45, 7) is 4.95. The molecule has 1 aromatic carbocycles. The Balaban J connectivity index is 1.25. The molecule has 39 heavy (non-hydrogen) atoms. The summed E-state index contributed by atoms with van der Waals surface area (Å²) in [4.78, 5) is 38.8. The molecule has 3 aliphatic rings. The third-order valence-corrected chi connectivity index (χ3v) is 8.65. The molecule has 10 heteroatoms. The van der Waals surface area contributed by atoms with Crippen LogP contribution in [-0.2, 0) is 4.79 Å². The van der Waals surface area contributed by atoms with E-state index in [0.717, 1.165) is 35.9 Å². The van der Waals surface area contributed by atoms with E-state index in [-0.39, 0.29) is 23.8 Å². The maximum atomic E-state index is 12.4. The van der Waals surface area contributed by atoms with E-state index < -0.39 is 12.0 Å². The number of nitrogens with two attached hydrogens (primary N) is 1. The standard InChI is InChI=1S/C29H34N6O4/c1-15-23-14-34(29(39)16(2)36)12-20(23)9-24(15)33-26-22(27(30)37)11-31-35-13-19(10-25(26)35)17-3-5-18(6-4-17)28(38)32-21-7-8-21/h3-6,10-11,13,15-16,20-21,23-24,33,36H,7-9,12,14H2,1-2H3,(H2,30,37)(H,32,38)/t15-,16?,20-,23-,24-/m1/s1. The quantitative estimate of drug-likeness (QED) is 0.369. The molecule has 2 saturated carbocycles. The number of aromatic nitrogens is 2. The van der Waals surface area contributed by atoms with Gasteiger partial charge in [-0.2, -0.15) is 5.10 Å². The van der Waals surface area contributed by atoms with E-state index in [0.29, 0.717) is 47.8 Å². The van der Waals surface area contributed by atoms with Crippen molar-refractivity contribution >= 4 is 28.9 Å². The number of hydrogen-bond donors (Lipinski definition) is 4. The summed E-state index contributed by atoms with van der Waals surface area (Å²) in [7, 11) is 0. The molecule has 0 bridgehead atoms. The number of nitrogens with one attached hydrogen (secondary N) is 2. The van der Waals surface area contributed by atoms with Crippen LogP contribution in [0, 0.1) is 17.8 Å². The average Bonchev–Trinajstić information content (AvgIpc) is 3.34. The number of primary amides is 1. The van der Waals surface area contributed by atoms with Gasteiger partial charge in [-0.1, -0.05) is 19.1 Å². The van der Waals surface area contributed by atoms with Crippen molar-refractivity contribution in [1.82, 2.24) is 19.8 Å². The van der Waals surface area contributed by atoms with Crippen LogP contribution in [0.3, 0.4) is 0 Å². The lowest BCUT2D eigenvalue weighted by atomic mass is 9.93. The van der Waals surface area contributed by atoms with Crippen LogP contribution in [0.15, 0.2) is 42.7 Å². The predicted molar refractivity (Wildman–Crippen MR) is 146 cm³/mol. The van der Waals surface area contributed by atoms with Gasteiger partial charge in [0, 0.05) is 42.5 Å². The molecule has 3 fully saturated rings. The van der Waals surface area contributed by atoms with Crippen LogP contribution in [0.1, 0.15) is 53.8 Å². The SMILES string of the molecule is CC(O)C(=O)N1C[C@H]2C[C@@H](Nc3c(C(N)=O)cnn4cc(-c5ccc(C(=O)NC6CC6)cc5)cc34)[C@H](C)[C@H]2C1. The van der Waals surface area contributed by atoms with Gasteiger partial charge in [0.05, 0.1) is 23.0 Å². The molecule has 2 aliphatic carbocycles. The zero-order valence-corrected chi connectivity index (χ0v) is 22.1. The van der Waals surface area contributed by atoms with Crippen molar-refractivity contribution in [3.8, 4) is 11.1 Å². The fourth-order valence-corrected chi connectivity index (χ4v) is 6.26. The van der Waals surface area contributed by atoms with Gasteiger partial charge in [-0.25, -0.2) is 4.52 Å². The first-order valence-electron chi connectivity index (χ1n) is 13.7. The highest BCUT2D eigenvalue weighted by Crippen LogP contribution is 2.44. The van der Waals surface area contributed by atoms with Gasteiger partial charge < -0.3 is 26.4 Å². The molecule has 5 N–H and O–H groups in total. The van der Waals surface area contributed by atoms with Gasteiger partial charge in [0.15, 0.2) is 0 Å². The van der Waals surface area contributed by atoms with Crippen molar-refractivity contribution in [1.29, 1.82) is 0 Å². The molecule has 3 heterocycles. The number of hydrogen-bond acceptors (Lipinski definition) is 6. The highest BCUT2D eigenvalue weighted by Gasteiger charge is 2.47. The number of fused-ring (bicyclic) bond motifs is 2. The van der Waals surface area contributed by atoms with Crippen LogP contribution in [0.2, 0.25) is 0 Å². The zero-order chi connectivity index (χ0) is 27.4. The topological polar surface area (TPSA) is 142 Å². The fraction of sp³-hybridized carbons (Fsp3) is 0.448. The van der Waals surface area contributed by atoms with E-state index in [4.69, 9.17) is 5.73 Å². The van der Waals surface area contributed by atoms with E-state index >= 15 is 0 Å². The van der Waals surface area contributed by atoms with Crippen LogP contribution in [0.5, 0.6) is 0 Å². The number of benzene rings is 1. The lowest BCUT2D eigenvalue weighted by molar-refractivity contribution is -0.138. The third-order valence-electron chi connectivity index (χ3n) is 8.65. The van der Waals surface area contributed by atoms with Gasteiger partial charge in [0.2, 0.25) is 0 Å². The highest BCUT2D eigenvalue weighted by atomic mass is 16.3. The number of likely N-dealkylation sites (tertiary alicyclic amines) is 1. The van der Waals surface area contributed by atoms with Gasteiger partial charge in [0.1, 0.15) is 6.10 Å². The molecule has 0 radical (unpaired) electrons. The summed E-state index contributed by atoms with van der Waals surface area (Å²) in [5, 5.41) is 20.8. The Bertz CT molecular complexity index is 1440. The number of carbonyl (C=O) groups excluding carboxylic acids is 3. The Morgan fingerprint density at radius 1 is 1.13 bits per heavy atom. The Kier molecular flexibility index (Phi) is 6.29. The lowest BCUT2D eigenvalue weighted by Gasteiger charge is -2.26. The summed E-state index contributed by atoms with van der Waals surface area (Å²) >= 11 is 0. The van der Waals surface area contributed by atoms with Crippen molar-refractivity contribution in [3.05, 3.63) is 53.9 Å². The minimum absolute atomic E-state index is 0.0563. The summed E-state index contributed by atoms with van der Waals surface area (Å²) < 4.78 is 1.74. The van der Waals surface area contributed by atoms with Crippen LogP contribution < -0.4 is 16.4 Å². The van der Waals surface area contributed by atoms with E-state index in [2.05, 4.69) is 22.7 Å². The van der Waals surface area contributed by atoms with Crippen molar-refractivity contribution in [2.75, 3.05) is 18.4 Å². The second-order valence-corrected chi connectivity index (χ2v) is 11.4. The highest BCUT2D eigenvalue weighted by molar-refractivity contribution is 6.02. The normalized spacial score (nSPS) is 24.9. The number of nitrogens with zero attached hydrogens (tertiary/aromatic N) is 3. The Labute approximate surface area is 226 Å². The summed E-state index contributed by atoms with van der Waals surface area (Å²) in [6.07, 6.45) is 5.34. The molecule has 3 aromatic rings.